The van der Waals surface area contributed by atoms with Gasteiger partial charge in [0.2, 0.25) is 0 Å². The molecule has 0 spiro atoms. The maximum absolute atomic E-state index is 12.0. The normalized spacial score (nSPS) is 15.1. The molecule has 0 unspecified atom stereocenters. The molecule has 0 saturated heterocycles. The van der Waals surface area contributed by atoms with E-state index < -0.39 is 0 Å². The Hall–Kier alpha value is -1.31. The van der Waals surface area contributed by atoms with Gasteiger partial charge >= 0.3 is 0 Å². The Bertz CT molecular complexity index is 380. The van der Waals surface area contributed by atoms with Crippen molar-refractivity contribution in [3.63, 3.8) is 0 Å². The summed E-state index contributed by atoms with van der Waals surface area (Å²) in [6.07, 6.45) is 2.12. The molecule has 1 fully saturated rings. The number of hydrogen-bond acceptors (Lipinski definition) is 2. The van der Waals surface area contributed by atoms with E-state index in [1.165, 1.54) is 0 Å². The first-order valence-electron chi connectivity index (χ1n) is 5.33. The predicted octanol–water partition coefficient (Wildman–Crippen LogP) is 2.90. The SMILES string of the molecule is COc1cc(C)c(C(=O)C2CC2)c(C)c1. The van der Waals surface area contributed by atoms with Crippen molar-refractivity contribution in [2.75, 3.05) is 7.11 Å². The van der Waals surface area contributed by atoms with Crippen LogP contribution in [0.25, 0.3) is 0 Å². The third-order valence-corrected chi connectivity index (χ3v) is 2.94. The van der Waals surface area contributed by atoms with Gasteiger partial charge in [-0.15, -0.1) is 0 Å². The summed E-state index contributed by atoms with van der Waals surface area (Å²) < 4.78 is 5.18. The first-order valence-corrected chi connectivity index (χ1v) is 5.33. The fourth-order valence-corrected chi connectivity index (χ4v) is 1.98. The van der Waals surface area contributed by atoms with Crippen LogP contribution < -0.4 is 4.74 Å². The summed E-state index contributed by atoms with van der Waals surface area (Å²) in [7, 11) is 1.65. The topological polar surface area (TPSA) is 26.3 Å². The quantitative estimate of drug-likeness (QED) is 0.708. The molecule has 0 aromatic heterocycles. The largest absolute Gasteiger partial charge is 0.497 e. The lowest BCUT2D eigenvalue weighted by molar-refractivity contribution is 0.0966. The minimum atomic E-state index is 0.288. The van der Waals surface area contributed by atoms with E-state index >= 15 is 0 Å². The second kappa shape index (κ2) is 3.69. The Morgan fingerprint density at radius 3 is 2.20 bits per heavy atom. The summed E-state index contributed by atoms with van der Waals surface area (Å²) in [4.78, 5) is 12.0. The number of carbonyl (C=O) groups is 1. The summed E-state index contributed by atoms with van der Waals surface area (Å²) in [6.45, 7) is 3.95. The lowest BCUT2D eigenvalue weighted by atomic mass is 9.96. The van der Waals surface area contributed by atoms with Crippen LogP contribution in [0.15, 0.2) is 12.1 Å². The summed E-state index contributed by atoms with van der Waals surface area (Å²) >= 11 is 0. The fourth-order valence-electron chi connectivity index (χ4n) is 1.98. The van der Waals surface area contributed by atoms with Gasteiger partial charge in [0.15, 0.2) is 5.78 Å². The molecule has 1 aliphatic rings. The van der Waals surface area contributed by atoms with Crippen molar-refractivity contribution in [1.82, 2.24) is 0 Å². The van der Waals surface area contributed by atoms with E-state index in [-0.39, 0.29) is 5.92 Å². The fraction of sp³-hybridized carbons (Fsp3) is 0.462. The zero-order valence-corrected chi connectivity index (χ0v) is 9.46. The van der Waals surface area contributed by atoms with Gasteiger partial charge in [0, 0.05) is 11.5 Å². The highest BCUT2D eigenvalue weighted by atomic mass is 16.5. The molecule has 1 saturated carbocycles. The van der Waals surface area contributed by atoms with E-state index in [1.807, 2.05) is 26.0 Å². The number of benzene rings is 1. The van der Waals surface area contributed by atoms with Gasteiger partial charge in [-0.25, -0.2) is 0 Å². The highest BCUT2D eigenvalue weighted by Gasteiger charge is 2.32. The zero-order chi connectivity index (χ0) is 11.0. The Kier molecular flexibility index (Phi) is 2.51. The Morgan fingerprint density at radius 2 is 1.80 bits per heavy atom. The van der Waals surface area contributed by atoms with Crippen LogP contribution in [0.1, 0.15) is 34.3 Å². The van der Waals surface area contributed by atoms with Crippen LogP contribution in [0.4, 0.5) is 0 Å². The van der Waals surface area contributed by atoms with E-state index in [4.69, 9.17) is 4.74 Å². The lowest BCUT2D eigenvalue weighted by Crippen LogP contribution is -2.06. The van der Waals surface area contributed by atoms with Crippen molar-refractivity contribution in [1.29, 1.82) is 0 Å². The van der Waals surface area contributed by atoms with Crippen molar-refractivity contribution in [2.24, 2.45) is 5.92 Å². The molecule has 0 radical (unpaired) electrons. The molecule has 15 heavy (non-hydrogen) atoms. The highest BCUT2D eigenvalue weighted by molar-refractivity contribution is 6.01. The number of hydrogen-bond donors (Lipinski definition) is 0. The third kappa shape index (κ3) is 1.89. The molecule has 80 valence electrons. The Morgan fingerprint density at radius 1 is 1.27 bits per heavy atom. The maximum Gasteiger partial charge on any atom is 0.166 e. The van der Waals surface area contributed by atoms with Gasteiger partial charge in [-0.3, -0.25) is 4.79 Å². The average molecular weight is 204 g/mol. The summed E-state index contributed by atoms with van der Waals surface area (Å²) in [5, 5.41) is 0. The molecule has 1 aromatic rings. The van der Waals surface area contributed by atoms with Gasteiger partial charge in [0.05, 0.1) is 7.11 Å². The second-order valence-electron chi connectivity index (χ2n) is 4.27. The monoisotopic (exact) mass is 204 g/mol. The van der Waals surface area contributed by atoms with Crippen molar-refractivity contribution in [2.45, 2.75) is 26.7 Å². The van der Waals surface area contributed by atoms with Crippen molar-refractivity contribution >= 4 is 5.78 Å². The molecule has 2 nitrogen and oxygen atoms in total. The van der Waals surface area contributed by atoms with Crippen molar-refractivity contribution in [3.8, 4) is 5.75 Å². The van der Waals surface area contributed by atoms with Crippen molar-refractivity contribution < 1.29 is 9.53 Å². The van der Waals surface area contributed by atoms with E-state index in [0.717, 1.165) is 35.3 Å². The molecule has 0 heterocycles. The lowest BCUT2D eigenvalue weighted by Gasteiger charge is -2.10. The van der Waals surface area contributed by atoms with E-state index in [9.17, 15) is 4.79 Å². The molecule has 0 bridgehead atoms. The summed E-state index contributed by atoms with van der Waals surface area (Å²) in [6, 6.07) is 3.87. The number of aryl methyl sites for hydroxylation is 2. The minimum absolute atomic E-state index is 0.288. The first-order chi connectivity index (χ1) is 7.13. The number of rotatable bonds is 3. The van der Waals surface area contributed by atoms with Crippen LogP contribution in [0, 0.1) is 19.8 Å². The molecule has 2 rings (SSSR count). The zero-order valence-electron chi connectivity index (χ0n) is 9.46. The molecule has 0 aliphatic heterocycles. The molecule has 1 aliphatic carbocycles. The minimum Gasteiger partial charge on any atom is -0.497 e. The summed E-state index contributed by atoms with van der Waals surface area (Å²) in [5.74, 6) is 1.43. The van der Waals surface area contributed by atoms with Gasteiger partial charge in [-0.2, -0.15) is 0 Å². The van der Waals surface area contributed by atoms with Gasteiger partial charge < -0.3 is 4.74 Å². The highest BCUT2D eigenvalue weighted by Crippen LogP contribution is 2.35. The molecular formula is C13H16O2. The van der Waals surface area contributed by atoms with Crippen LogP contribution >= 0.6 is 0 Å². The molecule has 0 amide bonds. The van der Waals surface area contributed by atoms with Gasteiger partial charge in [-0.05, 0) is 49.9 Å². The van der Waals surface area contributed by atoms with E-state index in [1.54, 1.807) is 7.11 Å². The van der Waals surface area contributed by atoms with Crippen LogP contribution in [0.5, 0.6) is 5.75 Å². The van der Waals surface area contributed by atoms with Crippen LogP contribution in [0.3, 0.4) is 0 Å². The second-order valence-corrected chi connectivity index (χ2v) is 4.27. The van der Waals surface area contributed by atoms with Crippen LogP contribution in [0.2, 0.25) is 0 Å². The molecule has 1 aromatic carbocycles. The molecule has 0 atom stereocenters. The number of Topliss-reactive ketones (excluding diaryl/α,β-unsaturated/α-hetero) is 1. The van der Waals surface area contributed by atoms with Gasteiger partial charge in [0.1, 0.15) is 5.75 Å². The number of ether oxygens (including phenoxy) is 1. The third-order valence-electron chi connectivity index (χ3n) is 2.94. The molecular weight excluding hydrogens is 188 g/mol. The average Bonchev–Trinajstić information content (AvgIpc) is 2.99. The molecule has 0 N–H and O–H groups in total. The van der Waals surface area contributed by atoms with Gasteiger partial charge in [-0.1, -0.05) is 0 Å². The van der Waals surface area contributed by atoms with Crippen molar-refractivity contribution in [3.05, 3.63) is 28.8 Å². The first kappa shape index (κ1) is 10.2. The standard InChI is InChI=1S/C13H16O2/c1-8-6-11(15-3)7-9(2)12(8)13(14)10-4-5-10/h6-7,10H,4-5H2,1-3H3. The molecule has 2 heteroatoms. The smallest absolute Gasteiger partial charge is 0.166 e. The summed E-state index contributed by atoms with van der Waals surface area (Å²) in [5.41, 5.74) is 2.96. The number of methoxy groups -OCH3 is 1. The number of carbonyl (C=O) groups excluding carboxylic acids is 1. The Balaban J connectivity index is 2.42. The predicted molar refractivity (Wildman–Crippen MR) is 59.5 cm³/mol. The van der Waals surface area contributed by atoms with E-state index in [2.05, 4.69) is 0 Å². The van der Waals surface area contributed by atoms with E-state index in [0.29, 0.717) is 5.78 Å². The van der Waals surface area contributed by atoms with Crippen LogP contribution in [-0.2, 0) is 0 Å². The van der Waals surface area contributed by atoms with Gasteiger partial charge in [0.25, 0.3) is 0 Å². The number of ketones is 1. The van der Waals surface area contributed by atoms with Crippen LogP contribution in [-0.4, -0.2) is 12.9 Å². The maximum atomic E-state index is 12.0. The Labute approximate surface area is 90.3 Å².